The molecule has 1 aromatic rings. The molecule has 0 atom stereocenters. The van der Waals surface area contributed by atoms with Gasteiger partial charge in [-0.05, 0) is 6.07 Å². The fraction of sp³-hybridized carbons (Fsp3) is 0.250. The van der Waals surface area contributed by atoms with Crippen LogP contribution in [0.3, 0.4) is 0 Å². The molecule has 0 saturated carbocycles. The van der Waals surface area contributed by atoms with E-state index in [4.69, 9.17) is 0 Å². The lowest BCUT2D eigenvalue weighted by atomic mass is 10.2. The van der Waals surface area contributed by atoms with E-state index in [0.29, 0.717) is 0 Å². The highest BCUT2D eigenvalue weighted by molar-refractivity contribution is 5.95. The number of Topliss-reactive ketones (excluding diaryl/α,β-unsaturated/α-hetero) is 1. The van der Waals surface area contributed by atoms with Crippen molar-refractivity contribution in [2.45, 2.75) is 6.92 Å². The molecule has 0 N–H and O–H groups in total. The Morgan fingerprint density at radius 2 is 2.15 bits per heavy atom. The highest BCUT2D eigenvalue weighted by atomic mass is 16.5. The van der Waals surface area contributed by atoms with E-state index in [2.05, 4.69) is 14.9 Å². The van der Waals surface area contributed by atoms with Crippen LogP contribution in [0, 0.1) is 0 Å². The molecule has 1 heterocycles. The summed E-state index contributed by atoms with van der Waals surface area (Å²) in [5.74, 6) is -0.768. The van der Waals surface area contributed by atoms with E-state index < -0.39 is 5.97 Å². The van der Waals surface area contributed by atoms with Crippen LogP contribution in [0.1, 0.15) is 27.8 Å². The van der Waals surface area contributed by atoms with Gasteiger partial charge in [-0.2, -0.15) is 5.10 Å². The first-order valence-corrected chi connectivity index (χ1v) is 3.57. The van der Waals surface area contributed by atoms with Gasteiger partial charge in [0.2, 0.25) is 0 Å². The van der Waals surface area contributed by atoms with E-state index in [9.17, 15) is 9.59 Å². The predicted octanol–water partition coefficient (Wildman–Crippen LogP) is 0.466. The van der Waals surface area contributed by atoms with Crippen molar-refractivity contribution >= 4 is 11.8 Å². The fourth-order valence-corrected chi connectivity index (χ4v) is 0.768. The largest absolute Gasteiger partial charge is 0.465 e. The van der Waals surface area contributed by atoms with Crippen molar-refractivity contribution in [2.75, 3.05) is 7.11 Å². The van der Waals surface area contributed by atoms with Crippen LogP contribution in [0.4, 0.5) is 0 Å². The number of aromatic nitrogens is 2. The first kappa shape index (κ1) is 9.31. The Morgan fingerprint density at radius 1 is 1.46 bits per heavy atom. The van der Waals surface area contributed by atoms with Gasteiger partial charge in [-0.1, -0.05) is 0 Å². The van der Waals surface area contributed by atoms with Gasteiger partial charge in [0.15, 0.2) is 5.78 Å². The predicted molar refractivity (Wildman–Crippen MR) is 43.4 cm³/mol. The van der Waals surface area contributed by atoms with E-state index in [0.717, 1.165) is 0 Å². The Labute approximate surface area is 74.7 Å². The third-order valence-electron chi connectivity index (χ3n) is 1.44. The average molecular weight is 180 g/mol. The molecular weight excluding hydrogens is 172 g/mol. The number of carbonyl (C=O) groups excluding carboxylic acids is 2. The summed E-state index contributed by atoms with van der Waals surface area (Å²) in [5, 5.41) is 7.05. The molecule has 13 heavy (non-hydrogen) atoms. The van der Waals surface area contributed by atoms with Gasteiger partial charge in [0.05, 0.1) is 18.9 Å². The molecule has 5 nitrogen and oxygen atoms in total. The molecule has 1 rings (SSSR count). The molecule has 0 amide bonds. The molecule has 0 aromatic carbocycles. The molecule has 0 fully saturated rings. The normalized spacial score (nSPS) is 9.38. The number of methoxy groups -OCH3 is 1. The fourth-order valence-electron chi connectivity index (χ4n) is 0.768. The van der Waals surface area contributed by atoms with Gasteiger partial charge in [0, 0.05) is 6.92 Å². The number of ether oxygens (including phenoxy) is 1. The summed E-state index contributed by atoms with van der Waals surface area (Å²) in [6, 6.07) is 1.35. The summed E-state index contributed by atoms with van der Waals surface area (Å²) in [6.07, 6.45) is 1.25. The van der Waals surface area contributed by atoms with Crippen LogP contribution in [0.25, 0.3) is 0 Å². The molecule has 68 valence electrons. The van der Waals surface area contributed by atoms with Crippen molar-refractivity contribution < 1.29 is 14.3 Å². The van der Waals surface area contributed by atoms with Gasteiger partial charge in [-0.25, -0.2) is 4.79 Å². The number of carbonyl (C=O) groups is 2. The summed E-state index contributed by atoms with van der Waals surface area (Å²) in [6.45, 7) is 1.35. The summed E-state index contributed by atoms with van der Waals surface area (Å²) in [5.41, 5.74) is 0.380. The second kappa shape index (κ2) is 3.75. The lowest BCUT2D eigenvalue weighted by molar-refractivity contribution is 0.0600. The van der Waals surface area contributed by atoms with Crippen LogP contribution < -0.4 is 0 Å². The molecule has 0 aliphatic rings. The minimum atomic E-state index is -0.530. The van der Waals surface area contributed by atoms with Gasteiger partial charge in [-0.15, -0.1) is 5.10 Å². The Kier molecular flexibility index (Phi) is 2.69. The van der Waals surface area contributed by atoms with Crippen molar-refractivity contribution in [3.8, 4) is 0 Å². The molecule has 0 aliphatic heterocycles. The van der Waals surface area contributed by atoms with Crippen LogP contribution in [0.2, 0.25) is 0 Å². The van der Waals surface area contributed by atoms with Crippen LogP contribution >= 0.6 is 0 Å². The molecule has 0 aliphatic carbocycles. The summed E-state index contributed by atoms with van der Waals surface area (Å²) >= 11 is 0. The zero-order valence-corrected chi connectivity index (χ0v) is 7.27. The number of hydrogen-bond donors (Lipinski definition) is 0. The van der Waals surface area contributed by atoms with Crippen LogP contribution in [-0.2, 0) is 4.74 Å². The van der Waals surface area contributed by atoms with Gasteiger partial charge in [0.25, 0.3) is 0 Å². The summed E-state index contributed by atoms with van der Waals surface area (Å²) in [4.78, 5) is 21.8. The van der Waals surface area contributed by atoms with Gasteiger partial charge < -0.3 is 4.74 Å². The summed E-state index contributed by atoms with van der Waals surface area (Å²) < 4.78 is 4.45. The molecule has 5 heteroatoms. The zero-order valence-electron chi connectivity index (χ0n) is 7.27. The smallest absolute Gasteiger partial charge is 0.339 e. The van der Waals surface area contributed by atoms with Gasteiger partial charge >= 0.3 is 5.97 Å². The maximum atomic E-state index is 11.0. The third-order valence-corrected chi connectivity index (χ3v) is 1.44. The quantitative estimate of drug-likeness (QED) is 0.488. The second-order valence-electron chi connectivity index (χ2n) is 2.38. The van der Waals surface area contributed by atoms with Crippen molar-refractivity contribution in [3.63, 3.8) is 0 Å². The molecular formula is C8H8N2O3. The van der Waals surface area contributed by atoms with E-state index in [1.807, 2.05) is 0 Å². The standard InChI is InChI=1S/C8H8N2O3/c1-5(11)7-3-6(4-9-10-7)8(12)13-2/h3-4H,1-2H3. The van der Waals surface area contributed by atoms with Crippen LogP contribution in [-0.4, -0.2) is 29.1 Å². The Balaban J connectivity index is 3.05. The van der Waals surface area contributed by atoms with Crippen LogP contribution in [0.15, 0.2) is 12.3 Å². The minimum absolute atomic E-state index is 0.155. The first-order valence-electron chi connectivity index (χ1n) is 3.57. The van der Waals surface area contributed by atoms with Crippen molar-refractivity contribution in [1.29, 1.82) is 0 Å². The Hall–Kier alpha value is -1.78. The average Bonchev–Trinajstić information content (AvgIpc) is 2.17. The van der Waals surface area contributed by atoms with Crippen molar-refractivity contribution in [2.24, 2.45) is 0 Å². The van der Waals surface area contributed by atoms with Gasteiger partial charge in [-0.3, -0.25) is 4.79 Å². The second-order valence-corrected chi connectivity index (χ2v) is 2.38. The number of nitrogens with zero attached hydrogens (tertiary/aromatic N) is 2. The lowest BCUT2D eigenvalue weighted by Crippen LogP contribution is -2.06. The topological polar surface area (TPSA) is 69.2 Å². The summed E-state index contributed by atoms with van der Waals surface area (Å²) in [7, 11) is 1.26. The first-order chi connectivity index (χ1) is 6.15. The molecule has 0 unspecified atom stereocenters. The monoisotopic (exact) mass is 180 g/mol. The van der Waals surface area contributed by atoms with Crippen molar-refractivity contribution in [3.05, 3.63) is 23.5 Å². The Morgan fingerprint density at radius 3 is 2.69 bits per heavy atom. The number of ketones is 1. The van der Waals surface area contributed by atoms with E-state index >= 15 is 0 Å². The van der Waals surface area contributed by atoms with E-state index in [-0.39, 0.29) is 17.0 Å². The van der Waals surface area contributed by atoms with Gasteiger partial charge in [0.1, 0.15) is 5.69 Å². The van der Waals surface area contributed by atoms with Crippen molar-refractivity contribution in [1.82, 2.24) is 10.2 Å². The third kappa shape index (κ3) is 2.08. The molecule has 0 saturated heterocycles. The number of esters is 1. The van der Waals surface area contributed by atoms with E-state index in [1.54, 1.807) is 0 Å². The zero-order chi connectivity index (χ0) is 9.84. The number of rotatable bonds is 2. The van der Waals surface area contributed by atoms with E-state index in [1.165, 1.54) is 26.3 Å². The highest BCUT2D eigenvalue weighted by Gasteiger charge is 2.09. The Bertz CT molecular complexity index is 349. The van der Waals surface area contributed by atoms with Crippen LogP contribution in [0.5, 0.6) is 0 Å². The molecule has 0 radical (unpaired) electrons. The molecule has 0 spiro atoms. The SMILES string of the molecule is COC(=O)c1cnnc(C(C)=O)c1. The molecule has 1 aromatic heterocycles. The maximum Gasteiger partial charge on any atom is 0.339 e. The molecule has 0 bridgehead atoms. The lowest BCUT2D eigenvalue weighted by Gasteiger charge is -1.98. The highest BCUT2D eigenvalue weighted by Crippen LogP contribution is 2.01. The number of hydrogen-bond acceptors (Lipinski definition) is 5. The maximum absolute atomic E-state index is 11.0. The minimum Gasteiger partial charge on any atom is -0.465 e.